The summed E-state index contributed by atoms with van der Waals surface area (Å²) in [5, 5.41) is 30.9. The number of aliphatic hydroxyl groups excluding tert-OH is 3. The molecule has 3 aromatic carbocycles. The largest absolute Gasteiger partial charge is 0.387 e. The van der Waals surface area contributed by atoms with Crippen molar-refractivity contribution < 1.29 is 29.5 Å². The lowest BCUT2D eigenvalue weighted by atomic mass is 9.80. The van der Waals surface area contributed by atoms with Crippen LogP contribution >= 0.6 is 0 Å². The minimum atomic E-state index is -1.41. The van der Waals surface area contributed by atoms with Crippen LogP contribution in [0, 0.1) is 0 Å². The van der Waals surface area contributed by atoms with Crippen LogP contribution in [0.4, 0.5) is 0 Å². The van der Waals surface area contributed by atoms with E-state index in [0.717, 1.165) is 16.7 Å². The van der Waals surface area contributed by atoms with Crippen molar-refractivity contribution in [1.29, 1.82) is 0 Å². The fraction of sp³-hybridized carbons (Fsp3) is 0.308. The van der Waals surface area contributed by atoms with Gasteiger partial charge in [-0.1, -0.05) is 91.0 Å². The van der Waals surface area contributed by atoms with Crippen LogP contribution in [0.1, 0.15) is 16.7 Å². The molecule has 0 saturated carbocycles. The van der Waals surface area contributed by atoms with Crippen LogP contribution in [0.25, 0.3) is 0 Å². The molecule has 168 valence electrons. The molecule has 0 radical (unpaired) electrons. The molecule has 0 bridgehead atoms. The number of methoxy groups -OCH3 is 1. The van der Waals surface area contributed by atoms with Crippen molar-refractivity contribution in [2.75, 3.05) is 13.7 Å². The van der Waals surface area contributed by atoms with Crippen molar-refractivity contribution in [2.24, 2.45) is 0 Å². The zero-order valence-corrected chi connectivity index (χ0v) is 17.8. The summed E-state index contributed by atoms with van der Waals surface area (Å²) < 4.78 is 17.5. The second-order valence-electron chi connectivity index (χ2n) is 7.84. The average Bonchev–Trinajstić information content (AvgIpc) is 2.86. The van der Waals surface area contributed by atoms with Crippen LogP contribution in [0.5, 0.6) is 0 Å². The molecule has 1 fully saturated rings. The Balaban J connectivity index is 1.77. The molecular weight excluding hydrogens is 408 g/mol. The van der Waals surface area contributed by atoms with Gasteiger partial charge in [0.15, 0.2) is 6.29 Å². The van der Waals surface area contributed by atoms with E-state index in [2.05, 4.69) is 0 Å². The topological polar surface area (TPSA) is 88.4 Å². The third-order valence-electron chi connectivity index (χ3n) is 5.91. The van der Waals surface area contributed by atoms with Gasteiger partial charge in [0, 0.05) is 7.11 Å². The van der Waals surface area contributed by atoms with Gasteiger partial charge in [0.1, 0.15) is 30.0 Å². The fourth-order valence-corrected chi connectivity index (χ4v) is 4.22. The first kappa shape index (κ1) is 22.6. The molecule has 6 nitrogen and oxygen atoms in total. The van der Waals surface area contributed by atoms with Gasteiger partial charge in [-0.25, -0.2) is 0 Å². The molecule has 1 aliphatic heterocycles. The van der Waals surface area contributed by atoms with Crippen LogP contribution in [-0.2, 0) is 19.8 Å². The quantitative estimate of drug-likeness (QED) is 0.493. The molecule has 1 heterocycles. The standard InChI is InChI=1S/C26H28O6/c1-30-25-24(29)23(28)22(27)21(32-25)17-31-26(18-11-5-2-6-12-18,19-13-7-3-8-14-19)20-15-9-4-10-16-20/h2-16,21-25,27-29H,17H2,1H3/t21-,22-,23-,24+,25-/m1/s1. The highest BCUT2D eigenvalue weighted by atomic mass is 16.7. The molecule has 0 spiro atoms. The molecule has 3 aromatic rings. The summed E-state index contributed by atoms with van der Waals surface area (Å²) in [6.45, 7) is -0.0521. The Kier molecular flexibility index (Phi) is 7.01. The Morgan fingerprint density at radius 3 is 1.53 bits per heavy atom. The number of hydrogen-bond donors (Lipinski definition) is 3. The summed E-state index contributed by atoms with van der Waals surface area (Å²) in [6.07, 6.45) is -6.08. The second kappa shape index (κ2) is 9.92. The van der Waals surface area contributed by atoms with Gasteiger partial charge >= 0.3 is 0 Å². The maximum Gasteiger partial charge on any atom is 0.186 e. The first-order chi connectivity index (χ1) is 15.6. The predicted molar refractivity (Wildman–Crippen MR) is 119 cm³/mol. The molecule has 6 heteroatoms. The predicted octanol–water partition coefficient (Wildman–Crippen LogP) is 2.45. The molecule has 1 aliphatic rings. The molecule has 5 atom stereocenters. The van der Waals surface area contributed by atoms with E-state index in [1.807, 2.05) is 91.0 Å². The molecule has 1 saturated heterocycles. The summed E-state index contributed by atoms with van der Waals surface area (Å²) in [4.78, 5) is 0. The number of benzene rings is 3. The maximum atomic E-state index is 10.6. The van der Waals surface area contributed by atoms with E-state index >= 15 is 0 Å². The summed E-state index contributed by atoms with van der Waals surface area (Å²) in [5.41, 5.74) is 1.74. The molecule has 0 aliphatic carbocycles. The van der Waals surface area contributed by atoms with E-state index in [0.29, 0.717) is 0 Å². The lowest BCUT2D eigenvalue weighted by Gasteiger charge is -2.42. The van der Waals surface area contributed by atoms with Crippen LogP contribution in [-0.4, -0.2) is 59.7 Å². The zero-order chi connectivity index (χ0) is 22.6. The first-order valence-electron chi connectivity index (χ1n) is 10.6. The van der Waals surface area contributed by atoms with Crippen LogP contribution < -0.4 is 0 Å². The first-order valence-corrected chi connectivity index (χ1v) is 10.6. The highest BCUT2D eigenvalue weighted by Crippen LogP contribution is 2.41. The Morgan fingerprint density at radius 1 is 0.688 bits per heavy atom. The highest BCUT2D eigenvalue weighted by Gasteiger charge is 2.46. The molecule has 3 N–H and O–H groups in total. The van der Waals surface area contributed by atoms with Crippen molar-refractivity contribution in [3.63, 3.8) is 0 Å². The van der Waals surface area contributed by atoms with Crippen molar-refractivity contribution >= 4 is 0 Å². The number of ether oxygens (including phenoxy) is 3. The van der Waals surface area contributed by atoms with E-state index in [1.54, 1.807) is 0 Å². The van der Waals surface area contributed by atoms with Crippen LogP contribution in [0.3, 0.4) is 0 Å². The fourth-order valence-electron chi connectivity index (χ4n) is 4.22. The number of rotatable bonds is 7. The maximum absolute atomic E-state index is 10.6. The normalized spacial score (nSPS) is 26.1. The molecular formula is C26H28O6. The van der Waals surface area contributed by atoms with Gasteiger partial charge < -0.3 is 29.5 Å². The van der Waals surface area contributed by atoms with E-state index in [1.165, 1.54) is 7.11 Å². The van der Waals surface area contributed by atoms with Gasteiger partial charge in [-0.05, 0) is 16.7 Å². The van der Waals surface area contributed by atoms with Gasteiger partial charge in [0.05, 0.1) is 6.61 Å². The van der Waals surface area contributed by atoms with Gasteiger partial charge in [-0.3, -0.25) is 0 Å². The monoisotopic (exact) mass is 436 g/mol. The second-order valence-corrected chi connectivity index (χ2v) is 7.84. The Bertz CT molecular complexity index is 867. The Hall–Kier alpha value is -2.58. The lowest BCUT2D eigenvalue weighted by Crippen LogP contribution is -2.59. The zero-order valence-electron chi connectivity index (χ0n) is 17.8. The smallest absolute Gasteiger partial charge is 0.186 e. The SMILES string of the molecule is CO[C@@H]1O[C@H](COC(c2ccccc2)(c2ccccc2)c2ccccc2)[C@@H](O)[C@@H](O)[C@@H]1O. The van der Waals surface area contributed by atoms with Crippen molar-refractivity contribution in [2.45, 2.75) is 36.3 Å². The van der Waals surface area contributed by atoms with Gasteiger partial charge in [-0.2, -0.15) is 0 Å². The average molecular weight is 437 g/mol. The van der Waals surface area contributed by atoms with E-state index in [-0.39, 0.29) is 6.61 Å². The Morgan fingerprint density at radius 2 is 1.12 bits per heavy atom. The van der Waals surface area contributed by atoms with Crippen molar-refractivity contribution in [3.05, 3.63) is 108 Å². The Labute approximate surface area is 187 Å². The highest BCUT2D eigenvalue weighted by molar-refractivity contribution is 5.47. The van der Waals surface area contributed by atoms with Crippen LogP contribution in [0.15, 0.2) is 91.0 Å². The summed E-state index contributed by atoms with van der Waals surface area (Å²) in [7, 11) is 1.37. The van der Waals surface area contributed by atoms with E-state index < -0.39 is 36.3 Å². The van der Waals surface area contributed by atoms with Gasteiger partial charge in [0.2, 0.25) is 0 Å². The third kappa shape index (κ3) is 4.21. The summed E-state index contributed by atoms with van der Waals surface area (Å²) >= 11 is 0. The molecule has 4 rings (SSSR count). The van der Waals surface area contributed by atoms with E-state index in [4.69, 9.17) is 14.2 Å². The summed E-state index contributed by atoms with van der Waals surface area (Å²) in [6, 6.07) is 29.5. The molecule has 0 unspecified atom stereocenters. The minimum Gasteiger partial charge on any atom is -0.387 e. The van der Waals surface area contributed by atoms with Gasteiger partial charge in [-0.15, -0.1) is 0 Å². The number of hydrogen-bond acceptors (Lipinski definition) is 6. The lowest BCUT2D eigenvalue weighted by molar-refractivity contribution is -0.299. The van der Waals surface area contributed by atoms with E-state index in [9.17, 15) is 15.3 Å². The van der Waals surface area contributed by atoms with Crippen LogP contribution in [0.2, 0.25) is 0 Å². The van der Waals surface area contributed by atoms with Crippen molar-refractivity contribution in [3.8, 4) is 0 Å². The molecule has 0 aromatic heterocycles. The number of aliphatic hydroxyl groups is 3. The minimum absolute atomic E-state index is 0.0521. The summed E-state index contributed by atoms with van der Waals surface area (Å²) in [5.74, 6) is 0. The van der Waals surface area contributed by atoms with Gasteiger partial charge in [0.25, 0.3) is 0 Å². The van der Waals surface area contributed by atoms with Crippen molar-refractivity contribution in [1.82, 2.24) is 0 Å². The molecule has 32 heavy (non-hydrogen) atoms. The third-order valence-corrected chi connectivity index (χ3v) is 5.91. The molecule has 0 amide bonds.